The van der Waals surface area contributed by atoms with E-state index in [9.17, 15) is 4.79 Å². The lowest BCUT2D eigenvalue weighted by Crippen LogP contribution is -2.48. The number of benzene rings is 1. The van der Waals surface area contributed by atoms with E-state index in [0.717, 1.165) is 5.56 Å². The molecule has 4 heteroatoms. The number of amides is 1. The van der Waals surface area contributed by atoms with Crippen LogP contribution in [-0.2, 0) is 4.74 Å². The van der Waals surface area contributed by atoms with Crippen LogP contribution in [0.2, 0.25) is 5.02 Å². The maximum Gasteiger partial charge on any atom is 0.251 e. The molecule has 1 aliphatic rings. The SMILES string of the molecule is Cc1cc(Cl)ccc1C(=O)NC1COC1. The Kier molecular flexibility index (Phi) is 2.93. The van der Waals surface area contributed by atoms with Gasteiger partial charge in [-0.15, -0.1) is 0 Å². The van der Waals surface area contributed by atoms with E-state index in [2.05, 4.69) is 5.32 Å². The number of nitrogens with one attached hydrogen (secondary N) is 1. The number of carbonyl (C=O) groups is 1. The Morgan fingerprint density at radius 3 is 2.80 bits per heavy atom. The summed E-state index contributed by atoms with van der Waals surface area (Å²) < 4.78 is 4.99. The monoisotopic (exact) mass is 225 g/mol. The summed E-state index contributed by atoms with van der Waals surface area (Å²) >= 11 is 5.81. The summed E-state index contributed by atoms with van der Waals surface area (Å²) in [6.07, 6.45) is 0. The molecule has 1 aromatic carbocycles. The third kappa shape index (κ3) is 2.30. The molecule has 0 aromatic heterocycles. The average molecular weight is 226 g/mol. The molecule has 1 aliphatic heterocycles. The Balaban J connectivity index is 2.10. The molecule has 0 bridgehead atoms. The van der Waals surface area contributed by atoms with Gasteiger partial charge >= 0.3 is 0 Å². The molecule has 0 spiro atoms. The Bertz CT molecular complexity index is 388. The lowest BCUT2D eigenvalue weighted by atomic mass is 10.1. The van der Waals surface area contributed by atoms with Gasteiger partial charge in [-0.3, -0.25) is 4.79 Å². The molecule has 0 unspecified atom stereocenters. The van der Waals surface area contributed by atoms with E-state index in [4.69, 9.17) is 16.3 Å². The summed E-state index contributed by atoms with van der Waals surface area (Å²) in [5, 5.41) is 3.54. The van der Waals surface area contributed by atoms with Crippen molar-refractivity contribution < 1.29 is 9.53 Å². The highest BCUT2D eigenvalue weighted by atomic mass is 35.5. The van der Waals surface area contributed by atoms with Crippen LogP contribution in [0.5, 0.6) is 0 Å². The van der Waals surface area contributed by atoms with Gasteiger partial charge in [-0.05, 0) is 30.7 Å². The summed E-state index contributed by atoms with van der Waals surface area (Å²) in [5.41, 5.74) is 1.56. The van der Waals surface area contributed by atoms with Crippen LogP contribution in [-0.4, -0.2) is 25.2 Å². The van der Waals surface area contributed by atoms with Crippen LogP contribution in [0.1, 0.15) is 15.9 Å². The smallest absolute Gasteiger partial charge is 0.251 e. The summed E-state index contributed by atoms with van der Waals surface area (Å²) in [5.74, 6) is -0.0579. The zero-order valence-corrected chi connectivity index (χ0v) is 9.17. The van der Waals surface area contributed by atoms with E-state index >= 15 is 0 Å². The molecular formula is C11H12ClNO2. The first-order chi connectivity index (χ1) is 7.16. The largest absolute Gasteiger partial charge is 0.377 e. The normalized spacial score (nSPS) is 15.9. The molecule has 0 aliphatic carbocycles. The van der Waals surface area contributed by atoms with Gasteiger partial charge in [0, 0.05) is 10.6 Å². The number of hydrogen-bond acceptors (Lipinski definition) is 2. The van der Waals surface area contributed by atoms with Gasteiger partial charge < -0.3 is 10.1 Å². The van der Waals surface area contributed by atoms with E-state index in [1.165, 1.54) is 0 Å². The van der Waals surface area contributed by atoms with Gasteiger partial charge in [0.2, 0.25) is 0 Å². The highest BCUT2D eigenvalue weighted by Gasteiger charge is 2.21. The van der Waals surface area contributed by atoms with E-state index < -0.39 is 0 Å². The maximum atomic E-state index is 11.8. The minimum atomic E-state index is -0.0579. The fourth-order valence-corrected chi connectivity index (χ4v) is 1.69. The molecule has 0 atom stereocenters. The minimum absolute atomic E-state index is 0.0579. The van der Waals surface area contributed by atoms with Gasteiger partial charge in [-0.2, -0.15) is 0 Å². The molecule has 0 radical (unpaired) electrons. The standard InChI is InChI=1S/C11H12ClNO2/c1-7-4-8(12)2-3-10(7)11(14)13-9-5-15-6-9/h2-4,9H,5-6H2,1H3,(H,13,14). The van der Waals surface area contributed by atoms with Gasteiger partial charge in [0.25, 0.3) is 5.91 Å². The van der Waals surface area contributed by atoms with Crippen LogP contribution in [0, 0.1) is 6.92 Å². The summed E-state index contributed by atoms with van der Waals surface area (Å²) in [6.45, 7) is 3.09. The number of carbonyl (C=O) groups excluding carboxylic acids is 1. The maximum absolute atomic E-state index is 11.8. The van der Waals surface area contributed by atoms with Crippen molar-refractivity contribution in [1.29, 1.82) is 0 Å². The van der Waals surface area contributed by atoms with Gasteiger partial charge in [0.1, 0.15) is 0 Å². The van der Waals surface area contributed by atoms with Crippen molar-refractivity contribution in [3.63, 3.8) is 0 Å². The van der Waals surface area contributed by atoms with Gasteiger partial charge in [0.15, 0.2) is 0 Å². The third-order valence-corrected chi connectivity index (χ3v) is 2.64. The lowest BCUT2D eigenvalue weighted by molar-refractivity contribution is -0.00347. The molecule has 1 amide bonds. The lowest BCUT2D eigenvalue weighted by Gasteiger charge is -2.27. The number of rotatable bonds is 2. The molecule has 1 aromatic rings. The van der Waals surface area contributed by atoms with Crippen LogP contribution in [0.4, 0.5) is 0 Å². The van der Waals surface area contributed by atoms with E-state index in [-0.39, 0.29) is 11.9 Å². The molecule has 2 rings (SSSR count). The van der Waals surface area contributed by atoms with E-state index in [1.807, 2.05) is 6.92 Å². The summed E-state index contributed by atoms with van der Waals surface area (Å²) in [6, 6.07) is 5.41. The number of aryl methyl sites for hydroxylation is 1. The summed E-state index contributed by atoms with van der Waals surface area (Å²) in [4.78, 5) is 11.8. The topological polar surface area (TPSA) is 38.3 Å². The minimum Gasteiger partial charge on any atom is -0.377 e. The van der Waals surface area contributed by atoms with Crippen molar-refractivity contribution in [3.05, 3.63) is 34.3 Å². The summed E-state index contributed by atoms with van der Waals surface area (Å²) in [7, 11) is 0. The molecule has 0 saturated carbocycles. The molecular weight excluding hydrogens is 214 g/mol. The Morgan fingerprint density at radius 2 is 2.27 bits per heavy atom. The Morgan fingerprint density at radius 1 is 1.53 bits per heavy atom. The molecule has 80 valence electrons. The number of hydrogen-bond donors (Lipinski definition) is 1. The van der Waals surface area contributed by atoms with Crippen LogP contribution in [0.25, 0.3) is 0 Å². The van der Waals surface area contributed by atoms with Crippen molar-refractivity contribution in [3.8, 4) is 0 Å². The highest BCUT2D eigenvalue weighted by molar-refractivity contribution is 6.30. The first-order valence-electron chi connectivity index (χ1n) is 4.81. The second kappa shape index (κ2) is 4.21. The van der Waals surface area contributed by atoms with Gasteiger partial charge in [-0.1, -0.05) is 11.6 Å². The van der Waals surface area contributed by atoms with Crippen molar-refractivity contribution in [1.82, 2.24) is 5.32 Å². The molecule has 15 heavy (non-hydrogen) atoms. The zero-order valence-electron chi connectivity index (χ0n) is 8.42. The second-order valence-corrected chi connectivity index (χ2v) is 4.10. The Hall–Kier alpha value is -1.06. The van der Waals surface area contributed by atoms with Crippen LogP contribution >= 0.6 is 11.6 Å². The highest BCUT2D eigenvalue weighted by Crippen LogP contribution is 2.15. The Labute approximate surface area is 93.4 Å². The first-order valence-corrected chi connectivity index (χ1v) is 5.19. The number of halogens is 1. The quantitative estimate of drug-likeness (QED) is 0.833. The molecule has 1 fully saturated rings. The second-order valence-electron chi connectivity index (χ2n) is 3.67. The van der Waals surface area contributed by atoms with E-state index in [1.54, 1.807) is 18.2 Å². The third-order valence-electron chi connectivity index (χ3n) is 2.41. The van der Waals surface area contributed by atoms with Crippen molar-refractivity contribution in [2.45, 2.75) is 13.0 Å². The fourth-order valence-electron chi connectivity index (χ4n) is 1.46. The molecule has 1 N–H and O–H groups in total. The molecule has 1 saturated heterocycles. The molecule has 3 nitrogen and oxygen atoms in total. The zero-order chi connectivity index (χ0) is 10.8. The average Bonchev–Trinajstić information content (AvgIpc) is 2.11. The first kappa shape index (κ1) is 10.5. The van der Waals surface area contributed by atoms with Crippen LogP contribution < -0.4 is 5.32 Å². The van der Waals surface area contributed by atoms with Crippen molar-refractivity contribution in [2.75, 3.05) is 13.2 Å². The van der Waals surface area contributed by atoms with Gasteiger partial charge in [0.05, 0.1) is 19.3 Å². The van der Waals surface area contributed by atoms with Crippen molar-refractivity contribution >= 4 is 17.5 Å². The van der Waals surface area contributed by atoms with Gasteiger partial charge in [-0.25, -0.2) is 0 Å². The molecule has 1 heterocycles. The van der Waals surface area contributed by atoms with E-state index in [0.29, 0.717) is 23.8 Å². The van der Waals surface area contributed by atoms with Crippen LogP contribution in [0.3, 0.4) is 0 Å². The van der Waals surface area contributed by atoms with Crippen molar-refractivity contribution in [2.24, 2.45) is 0 Å². The predicted octanol–water partition coefficient (Wildman–Crippen LogP) is 1.78. The number of ether oxygens (including phenoxy) is 1. The van der Waals surface area contributed by atoms with Crippen LogP contribution in [0.15, 0.2) is 18.2 Å². The predicted molar refractivity (Wildman–Crippen MR) is 58.3 cm³/mol. The fraction of sp³-hybridized carbons (Fsp3) is 0.364.